The predicted octanol–water partition coefficient (Wildman–Crippen LogP) is 3.91. The second-order valence-corrected chi connectivity index (χ2v) is 8.34. The fraction of sp³-hybridized carbons (Fsp3) is 0.857. The van der Waals surface area contributed by atoms with Crippen molar-refractivity contribution in [1.29, 1.82) is 0 Å². The number of unbranched alkanes of at least 4 members (excludes halogenated alkanes) is 5. The first-order valence-electron chi connectivity index (χ1n) is 10.4. The highest BCUT2D eigenvalue weighted by molar-refractivity contribution is 6.03. The number of amides is 3. The molecule has 5 heteroatoms. The molecule has 1 fully saturated rings. The minimum absolute atomic E-state index is 0.0179. The summed E-state index contributed by atoms with van der Waals surface area (Å²) in [5.74, 6) is 0.595. The summed E-state index contributed by atoms with van der Waals surface area (Å²) in [7, 11) is 0. The molecule has 1 aliphatic rings. The van der Waals surface area contributed by atoms with Gasteiger partial charge in [-0.1, -0.05) is 66.2 Å². The van der Waals surface area contributed by atoms with E-state index in [9.17, 15) is 14.4 Å². The van der Waals surface area contributed by atoms with Crippen molar-refractivity contribution in [3.05, 3.63) is 0 Å². The number of rotatable bonds is 13. The van der Waals surface area contributed by atoms with Gasteiger partial charge in [0.25, 0.3) is 0 Å². The van der Waals surface area contributed by atoms with Crippen molar-refractivity contribution < 1.29 is 14.4 Å². The fourth-order valence-corrected chi connectivity index (χ4v) is 3.41. The van der Waals surface area contributed by atoms with Gasteiger partial charge in [-0.2, -0.15) is 0 Å². The van der Waals surface area contributed by atoms with Gasteiger partial charge in [-0.05, 0) is 18.3 Å². The quantitative estimate of drug-likeness (QED) is 0.397. The van der Waals surface area contributed by atoms with E-state index in [-0.39, 0.29) is 29.6 Å². The first-order valence-corrected chi connectivity index (χ1v) is 10.4. The highest BCUT2D eigenvalue weighted by atomic mass is 16.2. The second kappa shape index (κ2) is 12.1. The number of likely N-dealkylation sites (tertiary alicyclic amines) is 1. The van der Waals surface area contributed by atoms with E-state index in [1.807, 2.05) is 13.8 Å². The Morgan fingerprint density at radius 2 is 1.65 bits per heavy atom. The molecule has 3 amide bonds. The third-order valence-corrected chi connectivity index (χ3v) is 5.18. The lowest BCUT2D eigenvalue weighted by Gasteiger charge is -2.16. The molecule has 1 atom stereocenters. The van der Waals surface area contributed by atoms with Gasteiger partial charge in [0, 0.05) is 31.8 Å². The third kappa shape index (κ3) is 8.33. The molecule has 0 aromatic heterocycles. The Kier molecular flexibility index (Phi) is 10.5. The van der Waals surface area contributed by atoms with E-state index in [1.165, 1.54) is 37.0 Å². The number of carbonyl (C=O) groups excluding carboxylic acids is 3. The van der Waals surface area contributed by atoms with Crippen molar-refractivity contribution in [2.45, 2.75) is 85.5 Å². The molecule has 1 rings (SSSR count). The van der Waals surface area contributed by atoms with E-state index >= 15 is 0 Å². The number of carbonyl (C=O) groups is 3. The first-order chi connectivity index (χ1) is 12.3. The number of hydrogen-bond acceptors (Lipinski definition) is 3. The van der Waals surface area contributed by atoms with Gasteiger partial charge >= 0.3 is 0 Å². The van der Waals surface area contributed by atoms with E-state index in [2.05, 4.69) is 19.2 Å². The van der Waals surface area contributed by atoms with Gasteiger partial charge in [-0.25, -0.2) is 0 Å². The smallest absolute Gasteiger partial charge is 0.233 e. The molecule has 1 unspecified atom stereocenters. The van der Waals surface area contributed by atoms with Gasteiger partial charge in [-0.15, -0.1) is 0 Å². The fourth-order valence-electron chi connectivity index (χ4n) is 3.41. The van der Waals surface area contributed by atoms with Crippen LogP contribution in [0.15, 0.2) is 0 Å². The van der Waals surface area contributed by atoms with E-state index in [1.54, 1.807) is 0 Å². The highest BCUT2D eigenvalue weighted by Crippen LogP contribution is 2.25. The van der Waals surface area contributed by atoms with E-state index in [0.717, 1.165) is 18.8 Å². The van der Waals surface area contributed by atoms with Crippen LogP contribution in [0.25, 0.3) is 0 Å². The van der Waals surface area contributed by atoms with Crippen LogP contribution in [0.3, 0.4) is 0 Å². The molecule has 1 saturated heterocycles. The standard InChI is InChI=1S/C21H38N2O3/c1-16(2)11-9-7-5-6-8-10-12-19(24)22-13-14-23-20(25)15-18(17(3)4)21(23)26/h16-18H,5-15H2,1-4H3,(H,22,24). The van der Waals surface area contributed by atoms with Crippen molar-refractivity contribution >= 4 is 17.7 Å². The van der Waals surface area contributed by atoms with Gasteiger partial charge in [0.2, 0.25) is 17.7 Å². The van der Waals surface area contributed by atoms with Gasteiger partial charge in [-0.3, -0.25) is 19.3 Å². The van der Waals surface area contributed by atoms with Crippen LogP contribution >= 0.6 is 0 Å². The van der Waals surface area contributed by atoms with E-state index < -0.39 is 0 Å². The highest BCUT2D eigenvalue weighted by Gasteiger charge is 2.39. The third-order valence-electron chi connectivity index (χ3n) is 5.18. The molecule has 0 spiro atoms. The van der Waals surface area contributed by atoms with Crippen LogP contribution < -0.4 is 5.32 Å². The Balaban J connectivity index is 2.05. The van der Waals surface area contributed by atoms with Crippen LogP contribution in [0, 0.1) is 17.8 Å². The van der Waals surface area contributed by atoms with Crippen molar-refractivity contribution in [2.24, 2.45) is 17.8 Å². The molecule has 0 aromatic rings. The Bertz CT molecular complexity index is 460. The topological polar surface area (TPSA) is 66.5 Å². The van der Waals surface area contributed by atoms with Crippen LogP contribution in [0.1, 0.15) is 85.5 Å². The maximum atomic E-state index is 12.2. The summed E-state index contributed by atoms with van der Waals surface area (Å²) in [6.45, 7) is 9.10. The van der Waals surface area contributed by atoms with E-state index in [4.69, 9.17) is 0 Å². The van der Waals surface area contributed by atoms with Crippen molar-refractivity contribution in [3.8, 4) is 0 Å². The molecule has 0 bridgehead atoms. The lowest BCUT2D eigenvalue weighted by atomic mass is 9.94. The number of nitrogens with one attached hydrogen (secondary N) is 1. The summed E-state index contributed by atoms with van der Waals surface area (Å²) in [6, 6.07) is 0. The lowest BCUT2D eigenvalue weighted by molar-refractivity contribution is -0.140. The molecule has 1 N–H and O–H groups in total. The molecule has 150 valence electrons. The van der Waals surface area contributed by atoms with Crippen LogP contribution in [0.4, 0.5) is 0 Å². The summed E-state index contributed by atoms with van der Waals surface area (Å²) >= 11 is 0. The molecule has 0 radical (unpaired) electrons. The zero-order valence-corrected chi connectivity index (χ0v) is 17.2. The van der Waals surface area contributed by atoms with Gasteiger partial charge in [0.05, 0.1) is 0 Å². The Hall–Kier alpha value is -1.39. The molecule has 1 heterocycles. The number of hydrogen-bond donors (Lipinski definition) is 1. The first kappa shape index (κ1) is 22.7. The summed E-state index contributed by atoms with van der Waals surface area (Å²) < 4.78 is 0. The second-order valence-electron chi connectivity index (χ2n) is 8.34. The number of imide groups is 1. The normalized spacial score (nSPS) is 17.6. The predicted molar refractivity (Wildman–Crippen MR) is 104 cm³/mol. The molecular weight excluding hydrogens is 328 g/mol. The Labute approximate surface area is 159 Å². The summed E-state index contributed by atoms with van der Waals surface area (Å²) in [6.07, 6.45) is 9.19. The minimum Gasteiger partial charge on any atom is -0.354 e. The summed E-state index contributed by atoms with van der Waals surface area (Å²) in [5.41, 5.74) is 0. The largest absolute Gasteiger partial charge is 0.354 e. The van der Waals surface area contributed by atoms with Crippen LogP contribution in [-0.2, 0) is 14.4 Å². The van der Waals surface area contributed by atoms with Crippen molar-refractivity contribution in [1.82, 2.24) is 10.2 Å². The molecule has 1 aliphatic heterocycles. The van der Waals surface area contributed by atoms with Gasteiger partial charge in [0.1, 0.15) is 0 Å². The molecule has 0 saturated carbocycles. The van der Waals surface area contributed by atoms with Crippen LogP contribution in [0.5, 0.6) is 0 Å². The lowest BCUT2D eigenvalue weighted by Crippen LogP contribution is -2.38. The Morgan fingerprint density at radius 1 is 1.04 bits per heavy atom. The van der Waals surface area contributed by atoms with Crippen molar-refractivity contribution in [3.63, 3.8) is 0 Å². The summed E-state index contributed by atoms with van der Waals surface area (Å²) in [4.78, 5) is 37.3. The van der Waals surface area contributed by atoms with Crippen LogP contribution in [0.2, 0.25) is 0 Å². The molecule has 0 aromatic carbocycles. The molecular formula is C21H38N2O3. The maximum Gasteiger partial charge on any atom is 0.233 e. The monoisotopic (exact) mass is 366 g/mol. The maximum absolute atomic E-state index is 12.2. The molecule has 0 aliphatic carbocycles. The minimum atomic E-state index is -0.196. The Morgan fingerprint density at radius 3 is 2.23 bits per heavy atom. The average Bonchev–Trinajstić information content (AvgIpc) is 2.85. The molecule has 5 nitrogen and oxygen atoms in total. The SMILES string of the molecule is CC(C)CCCCCCCCC(=O)NCCN1C(=O)CC(C(C)C)C1=O. The van der Waals surface area contributed by atoms with E-state index in [0.29, 0.717) is 25.9 Å². The van der Waals surface area contributed by atoms with Crippen LogP contribution in [-0.4, -0.2) is 35.7 Å². The summed E-state index contributed by atoms with van der Waals surface area (Å²) in [5, 5.41) is 2.83. The van der Waals surface area contributed by atoms with Gasteiger partial charge in [0.15, 0.2) is 0 Å². The zero-order valence-electron chi connectivity index (χ0n) is 17.2. The molecule has 26 heavy (non-hydrogen) atoms. The number of nitrogens with zero attached hydrogens (tertiary/aromatic N) is 1. The average molecular weight is 367 g/mol. The zero-order chi connectivity index (χ0) is 19.5. The van der Waals surface area contributed by atoms with Crippen molar-refractivity contribution in [2.75, 3.05) is 13.1 Å². The van der Waals surface area contributed by atoms with Gasteiger partial charge < -0.3 is 5.32 Å².